The Hall–Kier alpha value is -1.19. The molecule has 0 spiro atoms. The summed E-state index contributed by atoms with van der Waals surface area (Å²) in [6, 6.07) is 11.4. The standard InChI is InChI=1S/C20H22BrClFNO4S/c21-17-4-1-2-7-20(17)28-12-15(25)10-24(14-8-9-29(26,27)13-14)11-16-18(22)5-3-6-19(16)23/h1-7,14-15,25H,8-13H2. The van der Waals surface area contributed by atoms with Gasteiger partial charge in [-0.1, -0.05) is 29.8 Å². The van der Waals surface area contributed by atoms with Crippen molar-refractivity contribution in [3.8, 4) is 5.75 Å². The first-order valence-electron chi connectivity index (χ1n) is 9.18. The van der Waals surface area contributed by atoms with E-state index in [9.17, 15) is 17.9 Å². The molecule has 0 saturated carbocycles. The number of halogens is 3. The van der Waals surface area contributed by atoms with Crippen LogP contribution in [0.4, 0.5) is 4.39 Å². The predicted octanol–water partition coefficient (Wildman–Crippen LogP) is 3.67. The van der Waals surface area contributed by atoms with E-state index in [-0.39, 0.29) is 47.8 Å². The van der Waals surface area contributed by atoms with Crippen LogP contribution in [0.5, 0.6) is 5.75 Å². The number of para-hydroxylation sites is 1. The van der Waals surface area contributed by atoms with Gasteiger partial charge in [-0.3, -0.25) is 4.90 Å². The number of aliphatic hydroxyl groups excluding tert-OH is 1. The summed E-state index contributed by atoms with van der Waals surface area (Å²) in [7, 11) is -3.14. The van der Waals surface area contributed by atoms with Gasteiger partial charge in [-0.15, -0.1) is 0 Å². The van der Waals surface area contributed by atoms with Crippen molar-refractivity contribution in [3.05, 3.63) is 63.3 Å². The van der Waals surface area contributed by atoms with Gasteiger partial charge >= 0.3 is 0 Å². The van der Waals surface area contributed by atoms with E-state index in [2.05, 4.69) is 15.9 Å². The van der Waals surface area contributed by atoms with Gasteiger partial charge < -0.3 is 9.84 Å². The summed E-state index contributed by atoms with van der Waals surface area (Å²) < 4.78 is 44.6. The van der Waals surface area contributed by atoms with Crippen LogP contribution in [0.3, 0.4) is 0 Å². The molecule has 0 aliphatic carbocycles. The molecule has 2 aromatic rings. The first-order valence-corrected chi connectivity index (χ1v) is 12.2. The summed E-state index contributed by atoms with van der Waals surface area (Å²) in [6.45, 7) is 0.261. The lowest BCUT2D eigenvalue weighted by atomic mass is 10.1. The molecule has 0 radical (unpaired) electrons. The summed E-state index contributed by atoms with van der Waals surface area (Å²) in [4.78, 5) is 1.78. The molecule has 1 saturated heterocycles. The molecular formula is C20H22BrClFNO4S. The Kier molecular flexibility index (Phi) is 7.56. The fourth-order valence-electron chi connectivity index (χ4n) is 3.36. The van der Waals surface area contributed by atoms with Crippen LogP contribution < -0.4 is 4.74 Å². The summed E-state index contributed by atoms with van der Waals surface area (Å²) >= 11 is 9.54. The number of sulfone groups is 1. The summed E-state index contributed by atoms with van der Waals surface area (Å²) in [6.07, 6.45) is -0.456. The molecule has 2 aromatic carbocycles. The van der Waals surface area contributed by atoms with Crippen LogP contribution in [0.25, 0.3) is 0 Å². The number of hydrogen-bond acceptors (Lipinski definition) is 5. The lowest BCUT2D eigenvalue weighted by Crippen LogP contribution is -2.42. The first-order chi connectivity index (χ1) is 13.7. The highest BCUT2D eigenvalue weighted by Gasteiger charge is 2.33. The molecule has 0 amide bonds. The number of rotatable bonds is 8. The molecule has 5 nitrogen and oxygen atoms in total. The molecule has 3 rings (SSSR count). The van der Waals surface area contributed by atoms with Gasteiger partial charge in [0.25, 0.3) is 0 Å². The average Bonchev–Trinajstić information content (AvgIpc) is 3.03. The van der Waals surface area contributed by atoms with Gasteiger partial charge in [0.1, 0.15) is 24.3 Å². The third-order valence-corrected chi connectivity index (χ3v) is 7.62. The molecule has 1 aliphatic rings. The monoisotopic (exact) mass is 505 g/mol. The molecule has 2 unspecified atom stereocenters. The van der Waals surface area contributed by atoms with E-state index in [4.69, 9.17) is 16.3 Å². The Balaban J connectivity index is 1.72. The van der Waals surface area contributed by atoms with E-state index in [0.717, 1.165) is 4.47 Å². The Morgan fingerprint density at radius 1 is 1.28 bits per heavy atom. The molecule has 0 aromatic heterocycles. The predicted molar refractivity (Wildman–Crippen MR) is 115 cm³/mol. The molecule has 0 bridgehead atoms. The van der Waals surface area contributed by atoms with Crippen LogP contribution >= 0.6 is 27.5 Å². The maximum atomic E-state index is 14.3. The van der Waals surface area contributed by atoms with Crippen molar-refractivity contribution in [2.75, 3.05) is 24.7 Å². The Morgan fingerprint density at radius 3 is 2.69 bits per heavy atom. The van der Waals surface area contributed by atoms with Crippen LogP contribution in [0, 0.1) is 5.82 Å². The van der Waals surface area contributed by atoms with Crippen LogP contribution in [-0.4, -0.2) is 55.2 Å². The van der Waals surface area contributed by atoms with E-state index in [1.54, 1.807) is 17.0 Å². The first kappa shape index (κ1) is 22.5. The minimum absolute atomic E-state index is 0.0170. The summed E-state index contributed by atoms with van der Waals surface area (Å²) in [5, 5.41) is 10.8. The number of ether oxygens (including phenoxy) is 1. The van der Waals surface area contributed by atoms with Crippen molar-refractivity contribution in [1.29, 1.82) is 0 Å². The van der Waals surface area contributed by atoms with Crippen LogP contribution in [-0.2, 0) is 16.4 Å². The van der Waals surface area contributed by atoms with Gasteiger partial charge in [0.05, 0.1) is 16.0 Å². The number of aliphatic hydroxyl groups is 1. The summed E-state index contributed by atoms with van der Waals surface area (Å²) in [5.74, 6) is 0.209. The number of hydrogen-bond donors (Lipinski definition) is 1. The molecule has 158 valence electrons. The zero-order valence-corrected chi connectivity index (χ0v) is 18.8. The second-order valence-corrected chi connectivity index (χ2v) is 10.6. The normalized spacial score (nSPS) is 19.4. The van der Waals surface area contributed by atoms with Gasteiger partial charge in [-0.05, 0) is 46.6 Å². The zero-order chi connectivity index (χ0) is 21.0. The van der Waals surface area contributed by atoms with Gasteiger partial charge in [0.2, 0.25) is 0 Å². The lowest BCUT2D eigenvalue weighted by molar-refractivity contribution is 0.0518. The molecule has 29 heavy (non-hydrogen) atoms. The Bertz CT molecular complexity index is 939. The van der Waals surface area contributed by atoms with Crippen LogP contribution in [0.2, 0.25) is 5.02 Å². The van der Waals surface area contributed by atoms with Gasteiger partial charge in [-0.2, -0.15) is 0 Å². The lowest BCUT2D eigenvalue weighted by Gasteiger charge is -2.30. The quantitative estimate of drug-likeness (QED) is 0.592. The molecule has 1 fully saturated rings. The average molecular weight is 507 g/mol. The minimum atomic E-state index is -3.14. The number of benzene rings is 2. The molecular weight excluding hydrogens is 485 g/mol. The van der Waals surface area contributed by atoms with Crippen LogP contribution in [0.1, 0.15) is 12.0 Å². The molecule has 9 heteroatoms. The molecule has 1 heterocycles. The SMILES string of the molecule is O=S1(=O)CCC(N(Cc2c(F)cccc2Cl)CC(O)COc2ccccc2Br)C1. The maximum absolute atomic E-state index is 14.3. The van der Waals surface area contributed by atoms with E-state index in [1.807, 2.05) is 18.2 Å². The van der Waals surface area contributed by atoms with Crippen LogP contribution in [0.15, 0.2) is 46.9 Å². The van der Waals surface area contributed by atoms with E-state index in [0.29, 0.717) is 12.2 Å². The minimum Gasteiger partial charge on any atom is -0.490 e. The van der Waals surface area contributed by atoms with Crippen molar-refractivity contribution in [2.24, 2.45) is 0 Å². The largest absolute Gasteiger partial charge is 0.490 e. The highest BCUT2D eigenvalue weighted by molar-refractivity contribution is 9.10. The second kappa shape index (κ2) is 9.75. The fraction of sp³-hybridized carbons (Fsp3) is 0.400. The highest BCUT2D eigenvalue weighted by Crippen LogP contribution is 2.26. The third kappa shape index (κ3) is 6.15. The third-order valence-electron chi connectivity index (χ3n) is 4.86. The smallest absolute Gasteiger partial charge is 0.151 e. The molecule has 2 atom stereocenters. The van der Waals surface area contributed by atoms with Crippen molar-refractivity contribution >= 4 is 37.4 Å². The summed E-state index contributed by atoms with van der Waals surface area (Å²) in [5.41, 5.74) is 0.289. The van der Waals surface area contributed by atoms with Crippen molar-refractivity contribution < 1.29 is 22.7 Å². The van der Waals surface area contributed by atoms with Crippen molar-refractivity contribution in [3.63, 3.8) is 0 Å². The van der Waals surface area contributed by atoms with Gasteiger partial charge in [-0.25, -0.2) is 12.8 Å². The fourth-order valence-corrected chi connectivity index (χ4v) is 5.75. The molecule has 1 N–H and O–H groups in total. The van der Waals surface area contributed by atoms with Gasteiger partial charge in [0, 0.05) is 29.7 Å². The Labute approximate surface area is 183 Å². The topological polar surface area (TPSA) is 66.8 Å². The number of nitrogens with zero attached hydrogens (tertiary/aromatic N) is 1. The highest BCUT2D eigenvalue weighted by atomic mass is 79.9. The second-order valence-electron chi connectivity index (χ2n) is 7.08. The van der Waals surface area contributed by atoms with E-state index in [1.165, 1.54) is 12.1 Å². The van der Waals surface area contributed by atoms with Gasteiger partial charge in [0.15, 0.2) is 9.84 Å². The Morgan fingerprint density at radius 2 is 2.03 bits per heavy atom. The maximum Gasteiger partial charge on any atom is 0.151 e. The van der Waals surface area contributed by atoms with E-state index >= 15 is 0 Å². The van der Waals surface area contributed by atoms with E-state index < -0.39 is 21.8 Å². The van der Waals surface area contributed by atoms with Crippen molar-refractivity contribution in [1.82, 2.24) is 4.90 Å². The zero-order valence-electron chi connectivity index (χ0n) is 15.6. The molecule has 1 aliphatic heterocycles. The van der Waals surface area contributed by atoms with Crippen molar-refractivity contribution in [2.45, 2.75) is 25.1 Å².